The second kappa shape index (κ2) is 8.03. The molecule has 1 aliphatic carbocycles. The highest BCUT2D eigenvalue weighted by atomic mass is 35.5. The first-order valence-electron chi connectivity index (χ1n) is 8.78. The van der Waals surface area contributed by atoms with Crippen molar-refractivity contribution in [1.82, 2.24) is 10.2 Å². The summed E-state index contributed by atoms with van der Waals surface area (Å²) in [5, 5.41) is 3.90. The lowest BCUT2D eigenvalue weighted by Crippen LogP contribution is -2.42. The van der Waals surface area contributed by atoms with Crippen LogP contribution in [0.3, 0.4) is 0 Å². The van der Waals surface area contributed by atoms with Gasteiger partial charge < -0.3 is 10.2 Å². The van der Waals surface area contributed by atoms with E-state index < -0.39 is 0 Å². The summed E-state index contributed by atoms with van der Waals surface area (Å²) in [5.74, 6) is 0.463. The van der Waals surface area contributed by atoms with E-state index in [9.17, 15) is 4.79 Å². The number of amides is 1. The molecule has 1 N–H and O–H groups in total. The Balaban J connectivity index is 1.53. The number of halogens is 1. The molecule has 0 aliphatic heterocycles. The van der Waals surface area contributed by atoms with Crippen LogP contribution < -0.4 is 5.32 Å². The minimum absolute atomic E-state index is 0.0550. The average molecular weight is 357 g/mol. The Kier molecular flexibility index (Phi) is 5.77. The van der Waals surface area contributed by atoms with Crippen LogP contribution in [0.1, 0.15) is 23.5 Å². The molecule has 1 fully saturated rings. The van der Waals surface area contributed by atoms with Crippen LogP contribution in [-0.2, 0) is 11.2 Å². The predicted molar refractivity (Wildman–Crippen MR) is 103 cm³/mol. The third kappa shape index (κ3) is 4.62. The summed E-state index contributed by atoms with van der Waals surface area (Å²) in [6.07, 6.45) is 1.81. The molecule has 0 saturated heterocycles. The monoisotopic (exact) mass is 356 g/mol. The molecule has 1 amide bonds. The molecule has 0 aromatic heterocycles. The molecule has 0 bridgehead atoms. The van der Waals surface area contributed by atoms with E-state index in [1.807, 2.05) is 30.3 Å². The number of rotatable bonds is 7. The van der Waals surface area contributed by atoms with Crippen molar-refractivity contribution in [1.29, 1.82) is 0 Å². The van der Waals surface area contributed by atoms with Gasteiger partial charge in [0.2, 0.25) is 5.91 Å². The molecule has 132 valence electrons. The van der Waals surface area contributed by atoms with Crippen LogP contribution >= 0.6 is 11.6 Å². The van der Waals surface area contributed by atoms with E-state index in [4.69, 9.17) is 11.6 Å². The smallest absolute Gasteiger partial charge is 0.223 e. The average Bonchev–Trinajstić information content (AvgIpc) is 3.40. The molecule has 3 atom stereocenters. The van der Waals surface area contributed by atoms with Gasteiger partial charge in [0, 0.05) is 23.5 Å². The molecule has 2 aromatic rings. The zero-order valence-corrected chi connectivity index (χ0v) is 15.5. The molecule has 3 nitrogen and oxygen atoms in total. The van der Waals surface area contributed by atoms with Crippen molar-refractivity contribution in [3.8, 4) is 0 Å². The Labute approximate surface area is 155 Å². The van der Waals surface area contributed by atoms with E-state index in [2.05, 4.69) is 48.6 Å². The van der Waals surface area contributed by atoms with Gasteiger partial charge in [0.1, 0.15) is 0 Å². The molecule has 1 aliphatic rings. The number of carbonyl (C=O) groups excluding carboxylic acids is 1. The first-order chi connectivity index (χ1) is 12.1. The molecule has 0 heterocycles. The topological polar surface area (TPSA) is 32.3 Å². The Morgan fingerprint density at radius 1 is 1.16 bits per heavy atom. The normalized spacial score (nSPS) is 20.3. The molecule has 25 heavy (non-hydrogen) atoms. The summed E-state index contributed by atoms with van der Waals surface area (Å²) in [7, 11) is 4.12. The first kappa shape index (κ1) is 18.0. The second-order valence-corrected chi connectivity index (χ2v) is 7.43. The summed E-state index contributed by atoms with van der Waals surface area (Å²) in [6, 6.07) is 18.5. The molecular formula is C21H25ClN2O. The van der Waals surface area contributed by atoms with Gasteiger partial charge in [-0.15, -0.1) is 0 Å². The molecule has 1 saturated carbocycles. The fourth-order valence-corrected chi connectivity index (χ4v) is 3.55. The highest BCUT2D eigenvalue weighted by Crippen LogP contribution is 2.49. The van der Waals surface area contributed by atoms with E-state index in [0.717, 1.165) is 23.4 Å². The maximum atomic E-state index is 12.5. The van der Waals surface area contributed by atoms with Gasteiger partial charge in [0.15, 0.2) is 0 Å². The number of nitrogens with zero attached hydrogens (tertiary/aromatic N) is 1. The van der Waals surface area contributed by atoms with Gasteiger partial charge in [-0.3, -0.25) is 4.79 Å². The van der Waals surface area contributed by atoms with Crippen LogP contribution in [0.4, 0.5) is 0 Å². The van der Waals surface area contributed by atoms with E-state index in [1.54, 1.807) is 0 Å². The van der Waals surface area contributed by atoms with Crippen molar-refractivity contribution in [2.75, 3.05) is 20.6 Å². The van der Waals surface area contributed by atoms with Crippen LogP contribution in [0.25, 0.3) is 0 Å². The van der Waals surface area contributed by atoms with E-state index in [1.165, 1.54) is 5.56 Å². The van der Waals surface area contributed by atoms with Crippen LogP contribution in [0.2, 0.25) is 5.02 Å². The number of likely N-dealkylation sites (N-methyl/N-ethyl adjacent to an activating group) is 1. The van der Waals surface area contributed by atoms with E-state index >= 15 is 0 Å². The number of nitrogens with one attached hydrogen (secondary N) is 1. The van der Waals surface area contributed by atoms with Crippen molar-refractivity contribution in [3.63, 3.8) is 0 Å². The third-order valence-electron chi connectivity index (χ3n) is 4.99. The van der Waals surface area contributed by atoms with Gasteiger partial charge in [0.05, 0.1) is 0 Å². The van der Waals surface area contributed by atoms with Crippen LogP contribution in [0.15, 0.2) is 54.6 Å². The molecular weight excluding hydrogens is 332 g/mol. The minimum atomic E-state index is 0.0550. The minimum Gasteiger partial charge on any atom is -0.354 e. The highest BCUT2D eigenvalue weighted by molar-refractivity contribution is 6.31. The van der Waals surface area contributed by atoms with Crippen molar-refractivity contribution in [3.05, 3.63) is 70.7 Å². The van der Waals surface area contributed by atoms with Crippen molar-refractivity contribution < 1.29 is 4.79 Å². The van der Waals surface area contributed by atoms with Crippen LogP contribution in [0.5, 0.6) is 0 Å². The summed E-state index contributed by atoms with van der Waals surface area (Å²) < 4.78 is 0. The first-order valence-corrected chi connectivity index (χ1v) is 9.16. The van der Waals surface area contributed by atoms with Crippen molar-refractivity contribution in [2.24, 2.45) is 5.92 Å². The van der Waals surface area contributed by atoms with E-state index in [-0.39, 0.29) is 23.8 Å². The van der Waals surface area contributed by atoms with Gasteiger partial charge in [-0.25, -0.2) is 0 Å². The zero-order chi connectivity index (χ0) is 17.8. The van der Waals surface area contributed by atoms with Gasteiger partial charge >= 0.3 is 0 Å². The standard InChI is InChI=1S/C21H25ClN2O/c1-24(2)16(12-15-8-4-3-5-9-15)14-23-21(25)19-13-18(19)17-10-6-7-11-20(17)22/h3-11,16,18-19H,12-14H2,1-2H3,(H,23,25). The fraction of sp³-hybridized carbons (Fsp3) is 0.381. The Morgan fingerprint density at radius 3 is 2.52 bits per heavy atom. The number of hydrogen-bond acceptors (Lipinski definition) is 2. The molecule has 3 unspecified atom stereocenters. The summed E-state index contributed by atoms with van der Waals surface area (Å²) >= 11 is 6.25. The fourth-order valence-electron chi connectivity index (χ4n) is 3.28. The molecule has 4 heteroatoms. The van der Waals surface area contributed by atoms with Crippen molar-refractivity contribution in [2.45, 2.75) is 24.8 Å². The lowest BCUT2D eigenvalue weighted by molar-refractivity contribution is -0.122. The lowest BCUT2D eigenvalue weighted by atomic mass is 10.0. The molecule has 0 spiro atoms. The zero-order valence-electron chi connectivity index (χ0n) is 14.8. The number of hydrogen-bond donors (Lipinski definition) is 1. The highest BCUT2D eigenvalue weighted by Gasteiger charge is 2.44. The Hall–Kier alpha value is -1.84. The predicted octanol–water partition coefficient (Wildman–Crippen LogP) is 3.73. The summed E-state index contributed by atoms with van der Waals surface area (Å²) in [6.45, 7) is 0.659. The largest absolute Gasteiger partial charge is 0.354 e. The maximum Gasteiger partial charge on any atom is 0.223 e. The van der Waals surface area contributed by atoms with Gasteiger partial charge in [-0.2, -0.15) is 0 Å². The molecule has 2 aromatic carbocycles. The number of benzene rings is 2. The van der Waals surface area contributed by atoms with Crippen LogP contribution in [0, 0.1) is 5.92 Å². The van der Waals surface area contributed by atoms with E-state index in [0.29, 0.717) is 6.54 Å². The number of carbonyl (C=O) groups is 1. The third-order valence-corrected chi connectivity index (χ3v) is 5.33. The SMILES string of the molecule is CN(C)C(CNC(=O)C1CC1c1ccccc1Cl)Cc1ccccc1. The molecule has 0 radical (unpaired) electrons. The van der Waals surface area contributed by atoms with Gasteiger partial charge in [-0.05, 0) is 50.0 Å². The summed E-state index contributed by atoms with van der Waals surface area (Å²) in [5.41, 5.74) is 2.38. The summed E-state index contributed by atoms with van der Waals surface area (Å²) in [4.78, 5) is 14.7. The maximum absolute atomic E-state index is 12.5. The Bertz CT molecular complexity index is 717. The van der Waals surface area contributed by atoms with Crippen molar-refractivity contribution >= 4 is 17.5 Å². The molecule has 3 rings (SSSR count). The second-order valence-electron chi connectivity index (χ2n) is 7.02. The van der Waals surface area contributed by atoms with Gasteiger partial charge in [0.25, 0.3) is 0 Å². The lowest BCUT2D eigenvalue weighted by Gasteiger charge is -2.25. The quantitative estimate of drug-likeness (QED) is 0.819. The van der Waals surface area contributed by atoms with Gasteiger partial charge in [-0.1, -0.05) is 60.1 Å². The Morgan fingerprint density at radius 2 is 1.84 bits per heavy atom. The van der Waals surface area contributed by atoms with Crippen LogP contribution in [-0.4, -0.2) is 37.5 Å².